The first-order valence-electron chi connectivity index (χ1n) is 6.20. The molecule has 5 heteroatoms. The van der Waals surface area contributed by atoms with Gasteiger partial charge >= 0.3 is 6.03 Å². The summed E-state index contributed by atoms with van der Waals surface area (Å²) in [5, 5.41) is 2.78. The SMILES string of the molecule is Cc1cccc(C)c1NC(=O)/N=C1\CCC(=O)N1C. The Morgan fingerprint density at radius 1 is 1.26 bits per heavy atom. The maximum atomic E-state index is 11.9. The number of aliphatic imine (C=N–C) groups is 1. The van der Waals surface area contributed by atoms with Crippen molar-refractivity contribution >= 4 is 23.5 Å². The van der Waals surface area contributed by atoms with Crippen LogP contribution in [0.5, 0.6) is 0 Å². The summed E-state index contributed by atoms with van der Waals surface area (Å²) in [5.74, 6) is 0.521. The molecule has 19 heavy (non-hydrogen) atoms. The Balaban J connectivity index is 2.14. The van der Waals surface area contributed by atoms with Crippen LogP contribution >= 0.6 is 0 Å². The van der Waals surface area contributed by atoms with Crippen LogP contribution in [0.3, 0.4) is 0 Å². The number of carbonyl (C=O) groups is 2. The third kappa shape index (κ3) is 2.81. The number of aryl methyl sites for hydroxylation is 2. The van der Waals surface area contributed by atoms with Crippen LogP contribution in [0, 0.1) is 13.8 Å². The van der Waals surface area contributed by atoms with Crippen LogP contribution in [0.1, 0.15) is 24.0 Å². The number of nitrogens with one attached hydrogen (secondary N) is 1. The molecule has 0 aromatic heterocycles. The average molecular weight is 259 g/mol. The molecule has 0 spiro atoms. The van der Waals surface area contributed by atoms with Gasteiger partial charge < -0.3 is 10.2 Å². The van der Waals surface area contributed by atoms with E-state index in [2.05, 4.69) is 10.3 Å². The van der Waals surface area contributed by atoms with Gasteiger partial charge in [-0.25, -0.2) is 4.79 Å². The van der Waals surface area contributed by atoms with Crippen molar-refractivity contribution in [2.45, 2.75) is 26.7 Å². The summed E-state index contributed by atoms with van der Waals surface area (Å²) in [4.78, 5) is 28.6. The third-order valence-electron chi connectivity index (χ3n) is 3.27. The summed E-state index contributed by atoms with van der Waals surface area (Å²) in [5.41, 5.74) is 2.76. The van der Waals surface area contributed by atoms with Crippen LogP contribution < -0.4 is 5.32 Å². The number of amidine groups is 1. The molecule has 2 rings (SSSR count). The summed E-state index contributed by atoms with van der Waals surface area (Å²) in [6, 6.07) is 5.37. The molecule has 1 N–H and O–H groups in total. The van der Waals surface area contributed by atoms with E-state index in [4.69, 9.17) is 0 Å². The smallest absolute Gasteiger partial charge is 0.305 e. The fraction of sp³-hybridized carbons (Fsp3) is 0.357. The molecule has 1 aromatic rings. The van der Waals surface area contributed by atoms with Crippen molar-refractivity contribution in [2.24, 2.45) is 4.99 Å². The van der Waals surface area contributed by atoms with E-state index >= 15 is 0 Å². The number of anilines is 1. The Morgan fingerprint density at radius 2 is 1.89 bits per heavy atom. The van der Waals surface area contributed by atoms with E-state index in [1.165, 1.54) is 4.90 Å². The predicted octanol–water partition coefficient (Wildman–Crippen LogP) is 2.49. The highest BCUT2D eigenvalue weighted by molar-refractivity contribution is 6.09. The monoisotopic (exact) mass is 259 g/mol. The van der Waals surface area contributed by atoms with Gasteiger partial charge in [-0.3, -0.25) is 4.79 Å². The molecule has 1 aliphatic heterocycles. The quantitative estimate of drug-likeness (QED) is 0.842. The second kappa shape index (κ2) is 5.22. The Labute approximate surface area is 112 Å². The van der Waals surface area contributed by atoms with Crippen LogP contribution in [0.2, 0.25) is 0 Å². The minimum absolute atomic E-state index is 0.00128. The Hall–Kier alpha value is -2.17. The first-order chi connectivity index (χ1) is 8.99. The standard InChI is InChI=1S/C14H17N3O2/c1-9-5-4-6-10(2)13(9)16-14(19)15-11-7-8-12(18)17(11)3/h4-6H,7-8H2,1-3H3,(H,16,19)/b15-11+. The van der Waals surface area contributed by atoms with Gasteiger partial charge in [0.1, 0.15) is 5.84 Å². The molecule has 3 amide bonds. The van der Waals surface area contributed by atoms with Crippen molar-refractivity contribution in [3.63, 3.8) is 0 Å². The van der Waals surface area contributed by atoms with E-state index in [0.29, 0.717) is 18.7 Å². The zero-order chi connectivity index (χ0) is 14.0. The summed E-state index contributed by atoms with van der Waals surface area (Å²) in [6.07, 6.45) is 0.946. The van der Waals surface area contributed by atoms with Crippen LogP contribution in [0.4, 0.5) is 10.5 Å². The molecule has 0 aliphatic carbocycles. The van der Waals surface area contributed by atoms with Gasteiger partial charge in [0.2, 0.25) is 5.91 Å². The second-order valence-electron chi connectivity index (χ2n) is 4.68. The summed E-state index contributed by atoms with van der Waals surface area (Å²) in [7, 11) is 1.64. The number of nitrogens with zero attached hydrogens (tertiary/aromatic N) is 2. The number of likely N-dealkylation sites (tertiary alicyclic amines) is 1. The van der Waals surface area contributed by atoms with Gasteiger partial charge in [0.15, 0.2) is 0 Å². The first kappa shape index (κ1) is 13.3. The van der Waals surface area contributed by atoms with Crippen LogP contribution in [0.15, 0.2) is 23.2 Å². The normalized spacial score (nSPS) is 17.1. The number of carbonyl (C=O) groups excluding carboxylic acids is 2. The Morgan fingerprint density at radius 3 is 2.42 bits per heavy atom. The maximum Gasteiger partial charge on any atom is 0.347 e. The van der Waals surface area contributed by atoms with E-state index in [1.54, 1.807) is 7.05 Å². The summed E-state index contributed by atoms with van der Waals surface area (Å²) in [6.45, 7) is 3.86. The number of amides is 3. The molecule has 0 atom stereocenters. The van der Waals surface area contributed by atoms with Crippen LogP contribution in [-0.4, -0.2) is 29.7 Å². The molecule has 100 valence electrons. The molecule has 1 aromatic carbocycles. The summed E-state index contributed by atoms with van der Waals surface area (Å²) < 4.78 is 0. The van der Waals surface area contributed by atoms with Gasteiger partial charge in [-0.15, -0.1) is 0 Å². The van der Waals surface area contributed by atoms with E-state index < -0.39 is 6.03 Å². The van der Waals surface area contributed by atoms with Crippen LogP contribution in [-0.2, 0) is 4.79 Å². The molecule has 1 fully saturated rings. The molecule has 0 bridgehead atoms. The van der Waals surface area contributed by atoms with E-state index in [0.717, 1.165) is 16.8 Å². The van der Waals surface area contributed by atoms with E-state index in [-0.39, 0.29) is 5.91 Å². The highest BCUT2D eigenvalue weighted by Gasteiger charge is 2.24. The number of hydrogen-bond donors (Lipinski definition) is 1. The first-order valence-corrected chi connectivity index (χ1v) is 6.20. The van der Waals surface area contributed by atoms with Gasteiger partial charge in [-0.05, 0) is 25.0 Å². The molecule has 0 saturated carbocycles. The maximum absolute atomic E-state index is 11.9. The number of para-hydroxylation sites is 1. The molecule has 1 aliphatic rings. The topological polar surface area (TPSA) is 61.8 Å². The molecule has 0 unspecified atom stereocenters. The largest absolute Gasteiger partial charge is 0.347 e. The van der Waals surface area contributed by atoms with Crippen LogP contribution in [0.25, 0.3) is 0 Å². The van der Waals surface area contributed by atoms with Gasteiger partial charge in [0, 0.05) is 25.6 Å². The van der Waals surface area contributed by atoms with Crippen molar-refractivity contribution in [3.8, 4) is 0 Å². The number of rotatable bonds is 1. The molecular weight excluding hydrogens is 242 g/mol. The third-order valence-corrected chi connectivity index (χ3v) is 3.27. The molecule has 5 nitrogen and oxygen atoms in total. The van der Waals surface area contributed by atoms with Gasteiger partial charge in [0.05, 0.1) is 0 Å². The average Bonchev–Trinajstić information content (AvgIpc) is 2.66. The number of hydrogen-bond acceptors (Lipinski definition) is 2. The zero-order valence-electron chi connectivity index (χ0n) is 11.4. The van der Waals surface area contributed by atoms with Crippen molar-refractivity contribution in [1.82, 2.24) is 4.90 Å². The lowest BCUT2D eigenvalue weighted by Crippen LogP contribution is -2.25. The molecular formula is C14H17N3O2. The van der Waals surface area contributed by atoms with Crippen molar-refractivity contribution in [2.75, 3.05) is 12.4 Å². The molecule has 0 radical (unpaired) electrons. The lowest BCUT2D eigenvalue weighted by molar-refractivity contribution is -0.124. The van der Waals surface area contributed by atoms with Gasteiger partial charge in [-0.2, -0.15) is 4.99 Å². The van der Waals surface area contributed by atoms with Gasteiger partial charge in [-0.1, -0.05) is 18.2 Å². The Kier molecular flexibility index (Phi) is 3.64. The van der Waals surface area contributed by atoms with Gasteiger partial charge in [0.25, 0.3) is 0 Å². The van der Waals surface area contributed by atoms with Crippen molar-refractivity contribution in [3.05, 3.63) is 29.3 Å². The second-order valence-corrected chi connectivity index (χ2v) is 4.68. The minimum Gasteiger partial charge on any atom is -0.305 e. The van der Waals surface area contributed by atoms with Crippen molar-refractivity contribution < 1.29 is 9.59 Å². The fourth-order valence-electron chi connectivity index (χ4n) is 2.09. The van der Waals surface area contributed by atoms with E-state index in [9.17, 15) is 9.59 Å². The predicted molar refractivity (Wildman–Crippen MR) is 74.4 cm³/mol. The highest BCUT2D eigenvalue weighted by Crippen LogP contribution is 2.20. The van der Waals surface area contributed by atoms with Crippen molar-refractivity contribution in [1.29, 1.82) is 0 Å². The lowest BCUT2D eigenvalue weighted by atomic mass is 10.1. The Bertz CT molecular complexity index is 544. The molecule has 1 heterocycles. The zero-order valence-corrected chi connectivity index (χ0v) is 11.4. The number of urea groups is 1. The highest BCUT2D eigenvalue weighted by atomic mass is 16.2. The number of benzene rings is 1. The fourth-order valence-corrected chi connectivity index (χ4v) is 2.09. The lowest BCUT2D eigenvalue weighted by Gasteiger charge is -2.11. The van der Waals surface area contributed by atoms with E-state index in [1.807, 2.05) is 32.0 Å². The minimum atomic E-state index is -0.436. The summed E-state index contributed by atoms with van der Waals surface area (Å²) >= 11 is 0. The molecule has 1 saturated heterocycles.